The molecular formula is C42H55F2N4O12PS. The average molecular weight is 909 g/mol. The molecule has 1 N–H and O–H groups in total. The highest BCUT2D eigenvalue weighted by Gasteiger charge is 2.56. The number of esters is 2. The Bertz CT molecular complexity index is 2030. The number of nitrogens with one attached hydrogen (secondary N) is 1. The largest absolute Gasteiger partial charge is 0.438 e. The number of hydrogen-bond acceptors (Lipinski definition) is 13. The van der Waals surface area contributed by atoms with Crippen molar-refractivity contribution in [1.29, 1.82) is 0 Å². The van der Waals surface area contributed by atoms with E-state index in [0.717, 1.165) is 36.3 Å². The van der Waals surface area contributed by atoms with Gasteiger partial charge in [-0.2, -0.15) is 8.78 Å². The molecule has 0 radical (unpaired) electrons. The first-order valence-corrected chi connectivity index (χ1v) is 24.0. The molecule has 4 amide bonds. The van der Waals surface area contributed by atoms with E-state index in [-0.39, 0.29) is 58.7 Å². The van der Waals surface area contributed by atoms with Crippen LogP contribution in [0.5, 0.6) is 0 Å². The molecule has 7 rings (SSSR count). The molecule has 4 saturated heterocycles. The number of ether oxygens (including phenoxy) is 3. The van der Waals surface area contributed by atoms with Crippen molar-refractivity contribution in [1.82, 2.24) is 20.0 Å². The van der Waals surface area contributed by atoms with Crippen LogP contribution in [0, 0.1) is 17.8 Å². The second-order valence-electron chi connectivity index (χ2n) is 16.8. The van der Waals surface area contributed by atoms with Crippen LogP contribution >= 0.6 is 18.9 Å². The number of benzene rings is 1. The lowest BCUT2D eigenvalue weighted by Crippen LogP contribution is -2.62. The highest BCUT2D eigenvalue weighted by molar-refractivity contribution is 7.54. The van der Waals surface area contributed by atoms with Gasteiger partial charge in [0.15, 0.2) is 0 Å². The predicted octanol–water partition coefficient (Wildman–Crippen LogP) is 5.76. The topological polar surface area (TPSA) is 187 Å². The average Bonchev–Trinajstić information content (AvgIpc) is 3.59. The Morgan fingerprint density at radius 1 is 0.871 bits per heavy atom. The molecule has 0 unspecified atom stereocenters. The van der Waals surface area contributed by atoms with Gasteiger partial charge in [-0.3, -0.25) is 42.4 Å². The second-order valence-corrected chi connectivity index (χ2v) is 19.9. The molecule has 2 aromatic rings. The van der Waals surface area contributed by atoms with Gasteiger partial charge in [0, 0.05) is 55.3 Å². The van der Waals surface area contributed by atoms with E-state index in [9.17, 15) is 33.3 Å². The molecule has 62 heavy (non-hydrogen) atoms. The van der Waals surface area contributed by atoms with Gasteiger partial charge >= 0.3 is 25.2 Å². The number of likely N-dealkylation sites (tertiary alicyclic amines) is 1. The molecule has 5 atom stereocenters. The van der Waals surface area contributed by atoms with Gasteiger partial charge in [0.2, 0.25) is 31.3 Å². The number of rotatable bonds is 18. The molecule has 1 aliphatic carbocycles. The Kier molecular flexibility index (Phi) is 14.7. The number of halogens is 2. The Morgan fingerprint density at radius 3 is 2.16 bits per heavy atom. The summed E-state index contributed by atoms with van der Waals surface area (Å²) in [7, 11) is -5.53. The smallest absolute Gasteiger partial charge is 0.410 e. The molecule has 0 bridgehead atoms. The predicted molar refractivity (Wildman–Crippen MR) is 220 cm³/mol. The summed E-state index contributed by atoms with van der Waals surface area (Å²) < 4.78 is 71.8. The molecule has 5 heterocycles. The fraction of sp³-hybridized carbons (Fsp3) is 0.667. The first-order valence-electron chi connectivity index (χ1n) is 21.6. The van der Waals surface area contributed by atoms with Crippen LogP contribution in [0.1, 0.15) is 99.7 Å². The molecule has 1 aromatic heterocycles. The monoisotopic (exact) mass is 908 g/mol. The number of amides is 4. The molecule has 5 fully saturated rings. The third-order valence-corrected chi connectivity index (χ3v) is 15.4. The fourth-order valence-corrected chi connectivity index (χ4v) is 10.9. The van der Waals surface area contributed by atoms with Crippen LogP contribution < -0.4 is 5.32 Å². The molecule has 5 aliphatic rings. The second kappa shape index (κ2) is 19.8. The summed E-state index contributed by atoms with van der Waals surface area (Å²) in [5.41, 5.74) is -5.13. The molecule has 1 aromatic carbocycles. The Balaban J connectivity index is 1.03. The third kappa shape index (κ3) is 10.2. The van der Waals surface area contributed by atoms with Gasteiger partial charge < -0.3 is 34.2 Å². The van der Waals surface area contributed by atoms with Crippen molar-refractivity contribution in [2.45, 2.75) is 108 Å². The van der Waals surface area contributed by atoms with Crippen LogP contribution in [0.2, 0.25) is 0 Å². The maximum Gasteiger partial charge on any atom is 0.410 e. The van der Waals surface area contributed by atoms with Crippen molar-refractivity contribution in [2.75, 3.05) is 53.0 Å². The van der Waals surface area contributed by atoms with Crippen molar-refractivity contribution in [3.05, 3.63) is 34.7 Å². The van der Waals surface area contributed by atoms with Crippen LogP contribution in [-0.4, -0.2) is 121 Å². The molecule has 16 nitrogen and oxygen atoms in total. The highest BCUT2D eigenvalue weighted by Crippen LogP contribution is 2.67. The van der Waals surface area contributed by atoms with E-state index in [1.807, 2.05) is 13.8 Å². The standard InChI is InChI=1S/C42H55F2N4O12PS/c1-3-5-7-36(49)57-24-59-61(55,60-25-58-37(50)8-6-4-2)42(43,44)30-9-12-34-28(18-30)21-35(62-34)38(51)45-32-20-27-17-26(27)19-31-10-11-33(48(31)40(32)53)41(54)47-22-29(23-47)39(52)46-13-15-56-16-14-46/h9,12,18,21,26-27,29,31-33H,3-8,10-11,13-17,19-20,22-25H2,1-2H3,(H,45,51)/t26-,27+,31-,32+,33+/m1/s1. The summed E-state index contributed by atoms with van der Waals surface area (Å²) in [4.78, 5) is 84.4. The van der Waals surface area contributed by atoms with Crippen LogP contribution in [0.4, 0.5) is 8.78 Å². The van der Waals surface area contributed by atoms with Crippen molar-refractivity contribution in [3.8, 4) is 0 Å². The van der Waals surface area contributed by atoms with Gasteiger partial charge in [0.25, 0.3) is 5.91 Å². The zero-order valence-corrected chi connectivity index (χ0v) is 36.8. The van der Waals surface area contributed by atoms with E-state index in [1.165, 1.54) is 12.1 Å². The van der Waals surface area contributed by atoms with Gasteiger partial charge in [-0.05, 0) is 80.4 Å². The Labute approximate surface area is 362 Å². The zero-order valence-electron chi connectivity index (χ0n) is 35.1. The number of hydrogen-bond donors (Lipinski definition) is 1. The summed E-state index contributed by atoms with van der Waals surface area (Å²) >= 11 is 1.01. The van der Waals surface area contributed by atoms with E-state index in [1.54, 1.807) is 14.7 Å². The van der Waals surface area contributed by atoms with Crippen molar-refractivity contribution in [2.24, 2.45) is 17.8 Å². The summed E-state index contributed by atoms with van der Waals surface area (Å²) in [6.07, 6.45) is 5.57. The Hall–Kier alpha value is -4.03. The maximum atomic E-state index is 16.3. The maximum absolute atomic E-state index is 16.3. The number of nitrogens with zero attached hydrogens (tertiary/aromatic N) is 3. The fourth-order valence-electron chi connectivity index (χ4n) is 8.74. The van der Waals surface area contributed by atoms with Crippen molar-refractivity contribution >= 4 is 64.6 Å². The van der Waals surface area contributed by atoms with E-state index in [2.05, 4.69) is 5.32 Å². The molecule has 20 heteroatoms. The summed E-state index contributed by atoms with van der Waals surface area (Å²) in [6.45, 7) is 4.11. The molecule has 340 valence electrons. The summed E-state index contributed by atoms with van der Waals surface area (Å²) in [6, 6.07) is 3.01. The minimum absolute atomic E-state index is 0.00430. The molecule has 4 aliphatic heterocycles. The lowest BCUT2D eigenvalue weighted by atomic mass is 9.96. The Morgan fingerprint density at radius 2 is 1.52 bits per heavy atom. The van der Waals surface area contributed by atoms with Crippen LogP contribution in [0.25, 0.3) is 10.1 Å². The van der Waals surface area contributed by atoms with Gasteiger partial charge in [-0.25, -0.2) is 0 Å². The van der Waals surface area contributed by atoms with Crippen LogP contribution in [0.3, 0.4) is 0 Å². The van der Waals surface area contributed by atoms with E-state index in [4.69, 9.17) is 23.3 Å². The van der Waals surface area contributed by atoms with Crippen molar-refractivity contribution in [3.63, 3.8) is 0 Å². The lowest BCUT2D eigenvalue weighted by Gasteiger charge is -2.44. The first-order chi connectivity index (χ1) is 29.7. The molecule has 1 saturated carbocycles. The van der Waals surface area contributed by atoms with Crippen molar-refractivity contribution < 1.29 is 65.4 Å². The van der Waals surface area contributed by atoms with E-state index >= 15 is 8.78 Å². The van der Waals surface area contributed by atoms with Gasteiger partial charge in [-0.1, -0.05) is 32.8 Å². The minimum Gasteiger partial charge on any atom is -0.438 e. The number of alkyl halides is 2. The number of thiophene rings is 1. The third-order valence-electron chi connectivity index (χ3n) is 12.5. The van der Waals surface area contributed by atoms with E-state index < -0.39 is 62.3 Å². The number of unbranched alkanes of at least 4 members (excludes halogenated alkanes) is 2. The van der Waals surface area contributed by atoms with Gasteiger partial charge in [-0.15, -0.1) is 11.3 Å². The first kappa shape index (κ1) is 46.0. The van der Waals surface area contributed by atoms with Gasteiger partial charge in [0.05, 0.1) is 24.0 Å². The number of morpholine rings is 1. The van der Waals surface area contributed by atoms with Crippen LogP contribution in [-0.2, 0) is 57.5 Å². The number of carbonyl (C=O) groups is 6. The quantitative estimate of drug-likeness (QED) is 0.108. The normalized spacial score (nSPS) is 24.1. The highest BCUT2D eigenvalue weighted by atomic mass is 32.1. The zero-order chi connectivity index (χ0) is 44.2. The van der Waals surface area contributed by atoms with Gasteiger partial charge in [0.1, 0.15) is 12.1 Å². The number of fused-ring (bicyclic) bond motifs is 3. The molecule has 0 spiro atoms. The van der Waals surface area contributed by atoms with E-state index in [0.29, 0.717) is 95.0 Å². The van der Waals surface area contributed by atoms with Crippen LogP contribution in [0.15, 0.2) is 24.3 Å². The number of carbonyl (C=O) groups excluding carboxylic acids is 6. The molecular weight excluding hydrogens is 854 g/mol. The SMILES string of the molecule is CCCCC(=O)OCOP(=O)(OCOC(=O)CCCC)C(F)(F)c1ccc2sc(C(=O)N[C@H]3C[C@@H]4C[C@@H]4C[C@H]4CC[C@@H](C(=O)N5CC(C(=O)N6CCOCC6)C5)N4C3=O)cc2c1. The summed E-state index contributed by atoms with van der Waals surface area (Å²) in [5, 5.41) is 3.10. The summed E-state index contributed by atoms with van der Waals surface area (Å²) in [5.74, 6) is -2.27. The minimum atomic E-state index is -5.53. The lowest BCUT2D eigenvalue weighted by molar-refractivity contribution is -0.157.